The second-order valence-corrected chi connectivity index (χ2v) is 17.9. The van der Waals surface area contributed by atoms with E-state index in [1.165, 1.54) is 19.3 Å². The molecule has 288 valence electrons. The summed E-state index contributed by atoms with van der Waals surface area (Å²) < 4.78 is 6.27. The summed E-state index contributed by atoms with van der Waals surface area (Å²) in [5, 5.41) is 66.4. The summed E-state index contributed by atoms with van der Waals surface area (Å²) in [6.45, 7) is 9.32. The van der Waals surface area contributed by atoms with Crippen molar-refractivity contribution >= 4 is 5.78 Å². The van der Waals surface area contributed by atoms with Gasteiger partial charge in [-0.3, -0.25) is 4.79 Å². The third-order valence-electron chi connectivity index (χ3n) is 15.1. The molecular formula is C41H67N3O7. The molecule has 15 atom stereocenters. The van der Waals surface area contributed by atoms with Crippen LogP contribution in [0.25, 0.3) is 0 Å². The van der Waals surface area contributed by atoms with E-state index in [0.29, 0.717) is 56.7 Å². The zero-order valence-corrected chi connectivity index (χ0v) is 31.7. The molecule has 9 N–H and O–H groups in total. The van der Waals surface area contributed by atoms with Crippen LogP contribution in [-0.2, 0) is 9.53 Å². The molecule has 10 nitrogen and oxygen atoms in total. The number of aliphatic hydroxyl groups is 5. The van der Waals surface area contributed by atoms with Crippen LogP contribution in [0.4, 0.5) is 0 Å². The first-order valence-electron chi connectivity index (χ1n) is 20.0. The Bertz CT molecular complexity index is 1370. The van der Waals surface area contributed by atoms with Crippen molar-refractivity contribution in [3.63, 3.8) is 0 Å². The third kappa shape index (κ3) is 6.62. The predicted molar refractivity (Wildman–Crippen MR) is 197 cm³/mol. The number of rotatable bonds is 13. The quantitative estimate of drug-likeness (QED) is 0.132. The van der Waals surface area contributed by atoms with Crippen LogP contribution in [-0.4, -0.2) is 93.3 Å². The summed E-state index contributed by atoms with van der Waals surface area (Å²) in [4.78, 5) is 14.3. The highest BCUT2D eigenvalue weighted by Crippen LogP contribution is 2.71. The zero-order valence-electron chi connectivity index (χ0n) is 31.7. The molecule has 0 bridgehead atoms. The molecule has 0 radical (unpaired) electrons. The highest BCUT2D eigenvalue weighted by molar-refractivity contribution is 5.95. The van der Waals surface area contributed by atoms with Crippen LogP contribution in [0.5, 0.6) is 0 Å². The number of unbranched alkanes of at least 4 members (excludes halogenated alkanes) is 3. The van der Waals surface area contributed by atoms with Crippen LogP contribution < -0.4 is 16.4 Å². The van der Waals surface area contributed by atoms with Gasteiger partial charge in [-0.1, -0.05) is 52.5 Å². The van der Waals surface area contributed by atoms with E-state index in [-0.39, 0.29) is 42.5 Å². The fourth-order valence-corrected chi connectivity index (χ4v) is 12.3. The van der Waals surface area contributed by atoms with Crippen molar-refractivity contribution in [1.29, 1.82) is 0 Å². The largest absolute Gasteiger partial charge is 0.390 e. The molecule has 4 aliphatic carbocycles. The Labute approximate surface area is 305 Å². The summed E-state index contributed by atoms with van der Waals surface area (Å²) in [7, 11) is 1.92. The first-order valence-corrected chi connectivity index (χ1v) is 20.0. The van der Waals surface area contributed by atoms with E-state index >= 15 is 0 Å². The van der Waals surface area contributed by atoms with E-state index in [9.17, 15) is 30.3 Å². The van der Waals surface area contributed by atoms with Gasteiger partial charge in [-0.05, 0) is 130 Å². The normalized spacial score (nSPS) is 45.2. The Morgan fingerprint density at radius 2 is 1.94 bits per heavy atom. The number of ketones is 1. The van der Waals surface area contributed by atoms with Crippen LogP contribution in [0, 0.1) is 46.3 Å². The molecule has 0 aromatic heterocycles. The average Bonchev–Trinajstić information content (AvgIpc) is 3.59. The fraction of sp³-hybridized carbons (Fsp3) is 0.829. The highest BCUT2D eigenvalue weighted by Gasteiger charge is 2.72. The summed E-state index contributed by atoms with van der Waals surface area (Å²) in [6.07, 6.45) is 12.6. The number of dihydropyridines is 1. The predicted octanol–water partition coefficient (Wildman–Crippen LogP) is 3.46. The van der Waals surface area contributed by atoms with Gasteiger partial charge < -0.3 is 46.6 Å². The number of nitrogens with one attached hydrogen (secondary N) is 2. The number of carbonyl (C=O) groups is 1. The molecule has 3 saturated carbocycles. The van der Waals surface area contributed by atoms with Gasteiger partial charge in [0.25, 0.3) is 0 Å². The minimum Gasteiger partial charge on any atom is -0.390 e. The number of fused-ring (bicyclic) bond motifs is 5. The maximum Gasteiger partial charge on any atom is 0.159 e. The Kier molecular flexibility index (Phi) is 11.4. The maximum atomic E-state index is 14.3. The fourth-order valence-electron chi connectivity index (χ4n) is 12.3. The number of aliphatic hydroxyl groups excluding tert-OH is 3. The molecule has 1 saturated heterocycles. The monoisotopic (exact) mass is 713 g/mol. The van der Waals surface area contributed by atoms with Crippen molar-refractivity contribution in [2.45, 2.75) is 147 Å². The average molecular weight is 714 g/mol. The van der Waals surface area contributed by atoms with Crippen molar-refractivity contribution in [2.24, 2.45) is 52.1 Å². The van der Waals surface area contributed by atoms with E-state index in [1.807, 2.05) is 25.4 Å². The molecule has 0 aromatic carbocycles. The van der Waals surface area contributed by atoms with E-state index in [1.54, 1.807) is 13.0 Å². The molecule has 2 heterocycles. The van der Waals surface area contributed by atoms with E-state index < -0.39 is 58.3 Å². The molecule has 0 aromatic rings. The first kappa shape index (κ1) is 39.1. The van der Waals surface area contributed by atoms with Crippen molar-refractivity contribution in [2.75, 3.05) is 20.2 Å². The van der Waals surface area contributed by atoms with Crippen LogP contribution in [0.15, 0.2) is 35.6 Å². The van der Waals surface area contributed by atoms with Crippen molar-refractivity contribution < 1.29 is 35.1 Å². The molecular weight excluding hydrogens is 646 g/mol. The van der Waals surface area contributed by atoms with Gasteiger partial charge in [0.15, 0.2) is 5.78 Å². The minimum atomic E-state index is -1.55. The lowest BCUT2D eigenvalue weighted by molar-refractivity contribution is -0.203. The van der Waals surface area contributed by atoms with Gasteiger partial charge in [0, 0.05) is 17.5 Å². The summed E-state index contributed by atoms with van der Waals surface area (Å²) in [5.74, 6) is -0.874. The molecule has 10 heteroatoms. The molecule has 51 heavy (non-hydrogen) atoms. The minimum absolute atomic E-state index is 0.0327. The standard InChI is InChI=1S/C41H67N3O7/c1-6-7-8-9-10-26-23-51-36(24(26)2)37(48)39(4,49)33-14-16-41(50)29-18-30(45)28-17-31(46)32(47)20-40(28,15-13-25-11-12-34(42)44-21-25)35(29)27(22-43-5)19-38(33,41)3/h11-12,18,21,24,26-28,31-37,43-44,46-50H,6-10,13-17,19-20,22-23,42H2,1-5H3/t24-,26+,27-,28-,31+,32-,33-,34?,35-,36+,37+,38+,39+,40-,41+/m0/s1. The van der Waals surface area contributed by atoms with E-state index in [0.717, 1.165) is 18.4 Å². The summed E-state index contributed by atoms with van der Waals surface area (Å²) in [6, 6.07) is 0. The van der Waals surface area contributed by atoms with Gasteiger partial charge in [0.05, 0.1) is 42.3 Å². The smallest absolute Gasteiger partial charge is 0.159 e. The maximum absolute atomic E-state index is 14.3. The number of ether oxygens (including phenoxy) is 1. The lowest BCUT2D eigenvalue weighted by atomic mass is 9.41. The lowest BCUT2D eigenvalue weighted by Crippen LogP contribution is -2.66. The molecule has 4 fully saturated rings. The Balaban J connectivity index is 1.33. The molecule has 2 aliphatic heterocycles. The Hall–Kier alpha value is -1.63. The van der Waals surface area contributed by atoms with Crippen LogP contribution in [0.2, 0.25) is 0 Å². The molecule has 0 amide bonds. The Morgan fingerprint density at radius 3 is 2.63 bits per heavy atom. The molecule has 0 spiro atoms. The first-order chi connectivity index (χ1) is 24.1. The lowest BCUT2D eigenvalue weighted by Gasteiger charge is -2.64. The van der Waals surface area contributed by atoms with Gasteiger partial charge in [-0.25, -0.2) is 0 Å². The summed E-state index contributed by atoms with van der Waals surface area (Å²) >= 11 is 0. The van der Waals surface area contributed by atoms with Gasteiger partial charge in [-0.2, -0.15) is 0 Å². The molecule has 6 rings (SSSR count). The van der Waals surface area contributed by atoms with Gasteiger partial charge in [0.2, 0.25) is 0 Å². The van der Waals surface area contributed by atoms with E-state index in [4.69, 9.17) is 10.5 Å². The zero-order chi connectivity index (χ0) is 36.9. The van der Waals surface area contributed by atoms with E-state index in [2.05, 4.69) is 31.4 Å². The highest BCUT2D eigenvalue weighted by atomic mass is 16.5. The second kappa shape index (κ2) is 14.9. The topological polar surface area (TPSA) is 178 Å². The van der Waals surface area contributed by atoms with Gasteiger partial charge in [0.1, 0.15) is 6.10 Å². The van der Waals surface area contributed by atoms with Crippen LogP contribution in [0.3, 0.4) is 0 Å². The van der Waals surface area contributed by atoms with Gasteiger partial charge in [-0.15, -0.1) is 0 Å². The third-order valence-corrected chi connectivity index (χ3v) is 15.1. The van der Waals surface area contributed by atoms with Crippen molar-refractivity contribution in [3.05, 3.63) is 35.6 Å². The summed E-state index contributed by atoms with van der Waals surface area (Å²) in [5.41, 5.74) is 3.29. The van der Waals surface area contributed by atoms with Crippen LogP contribution in [0.1, 0.15) is 105 Å². The number of hydrogen-bond acceptors (Lipinski definition) is 10. The molecule has 1 unspecified atom stereocenters. The van der Waals surface area contributed by atoms with Crippen molar-refractivity contribution in [3.8, 4) is 0 Å². The number of hydrogen-bond donors (Lipinski definition) is 8. The number of nitrogens with two attached hydrogens (primary N) is 1. The number of carbonyl (C=O) groups excluding carboxylic acids is 1. The molecule has 6 aliphatic rings. The van der Waals surface area contributed by atoms with Crippen molar-refractivity contribution in [1.82, 2.24) is 10.6 Å². The van der Waals surface area contributed by atoms with Crippen LogP contribution >= 0.6 is 0 Å². The Morgan fingerprint density at radius 1 is 1.18 bits per heavy atom. The van der Waals surface area contributed by atoms with Gasteiger partial charge >= 0.3 is 0 Å². The number of allylic oxidation sites excluding steroid dienone is 3. The second-order valence-electron chi connectivity index (χ2n) is 17.9. The SMILES string of the molecule is CCCCCC[C@@H]1CO[C@@H]([C@@H](O)[C@](C)(O)[C@H]2CC[C@@]3(O)C4=CC(=O)[C@@H]5C[C@@H](O)[C@@H](O)C[C@]5(CCC5=CNC(N)C=C5)[C@H]4[C@H](CNC)C[C@]23C)[C@H]1C.